The minimum absolute atomic E-state index is 0.613. The normalized spacial score (nSPS) is 12.0. The molecule has 0 bridgehead atoms. The van der Waals surface area contributed by atoms with Crippen molar-refractivity contribution in [1.29, 1.82) is 0 Å². The molecule has 0 amide bonds. The molecule has 0 unspecified atom stereocenters. The highest BCUT2D eigenvalue weighted by Crippen LogP contribution is 2.00. The van der Waals surface area contributed by atoms with Crippen LogP contribution in [0.2, 0.25) is 0 Å². The van der Waals surface area contributed by atoms with E-state index in [2.05, 4.69) is 11.9 Å². The maximum absolute atomic E-state index is 4.92. The van der Waals surface area contributed by atoms with Gasteiger partial charge in [0.2, 0.25) is 5.89 Å². The van der Waals surface area contributed by atoms with E-state index in [1.807, 2.05) is 6.92 Å². The number of hydrogen-bond acceptors (Lipinski definition) is 2. The van der Waals surface area contributed by atoms with Gasteiger partial charge in [0.25, 0.3) is 0 Å². The molecule has 2 heteroatoms. The first-order chi connectivity index (χ1) is 4.29. The van der Waals surface area contributed by atoms with Gasteiger partial charge in [0, 0.05) is 0 Å². The standard InChI is InChI=1S/C7H8NO/c1-6(2)5-7-8-3-4-9-7/h3-5H,1H2,2H3/b6-5-. The minimum atomic E-state index is 0.613. The third-order valence-corrected chi connectivity index (χ3v) is 0.821. The predicted molar refractivity (Wildman–Crippen MR) is 35.5 cm³/mol. The third kappa shape index (κ3) is 1.72. The van der Waals surface area contributed by atoms with Crippen molar-refractivity contribution in [3.8, 4) is 0 Å². The lowest BCUT2D eigenvalue weighted by molar-refractivity contribution is 0.546. The van der Waals surface area contributed by atoms with Crippen molar-refractivity contribution >= 4 is 6.08 Å². The largest absolute Gasteiger partial charge is 0.445 e. The first-order valence-electron chi connectivity index (χ1n) is 2.69. The Balaban J connectivity index is 2.80. The summed E-state index contributed by atoms with van der Waals surface area (Å²) in [6, 6.07) is 0. The summed E-state index contributed by atoms with van der Waals surface area (Å²) >= 11 is 0. The van der Waals surface area contributed by atoms with Crippen LogP contribution in [0, 0.1) is 6.92 Å². The molecule has 0 aliphatic rings. The molecule has 1 radical (unpaired) electrons. The van der Waals surface area contributed by atoms with Crippen LogP contribution in [0.4, 0.5) is 0 Å². The van der Waals surface area contributed by atoms with E-state index >= 15 is 0 Å². The van der Waals surface area contributed by atoms with Crippen LogP contribution in [0.15, 0.2) is 22.5 Å². The summed E-state index contributed by atoms with van der Waals surface area (Å²) in [7, 11) is 0. The van der Waals surface area contributed by atoms with Gasteiger partial charge in [-0.15, -0.1) is 0 Å². The SMILES string of the molecule is [CH2]/C(C)=C/c1ncco1. The van der Waals surface area contributed by atoms with E-state index in [1.165, 1.54) is 6.26 Å². The van der Waals surface area contributed by atoms with E-state index in [9.17, 15) is 0 Å². The molecule has 0 aliphatic carbocycles. The van der Waals surface area contributed by atoms with Gasteiger partial charge in [0.15, 0.2) is 0 Å². The van der Waals surface area contributed by atoms with Crippen molar-refractivity contribution in [3.63, 3.8) is 0 Å². The van der Waals surface area contributed by atoms with Crippen LogP contribution >= 0.6 is 0 Å². The summed E-state index contributed by atoms with van der Waals surface area (Å²) in [4.78, 5) is 3.87. The minimum Gasteiger partial charge on any atom is -0.445 e. The lowest BCUT2D eigenvalue weighted by atomic mass is 10.3. The summed E-state index contributed by atoms with van der Waals surface area (Å²) in [6.07, 6.45) is 4.92. The zero-order valence-electron chi connectivity index (χ0n) is 5.29. The molecule has 0 aromatic carbocycles. The molecular weight excluding hydrogens is 114 g/mol. The Morgan fingerprint density at radius 3 is 3.11 bits per heavy atom. The van der Waals surface area contributed by atoms with Gasteiger partial charge >= 0.3 is 0 Å². The molecule has 0 saturated carbocycles. The van der Waals surface area contributed by atoms with Crippen LogP contribution in [-0.4, -0.2) is 4.98 Å². The number of nitrogens with zero attached hydrogens (tertiary/aromatic N) is 1. The number of aromatic nitrogens is 1. The number of oxazole rings is 1. The summed E-state index contributed by atoms with van der Waals surface area (Å²) in [5.74, 6) is 0.613. The fourth-order valence-corrected chi connectivity index (χ4v) is 0.517. The Morgan fingerprint density at radius 1 is 1.89 bits per heavy atom. The predicted octanol–water partition coefficient (Wildman–Crippen LogP) is 1.91. The zero-order chi connectivity index (χ0) is 6.69. The molecule has 1 heterocycles. The van der Waals surface area contributed by atoms with E-state index in [0.29, 0.717) is 5.89 Å². The Hall–Kier alpha value is -1.05. The van der Waals surface area contributed by atoms with Crippen molar-refractivity contribution in [2.24, 2.45) is 0 Å². The molecule has 0 saturated heterocycles. The average molecular weight is 122 g/mol. The van der Waals surface area contributed by atoms with Gasteiger partial charge in [-0.3, -0.25) is 0 Å². The summed E-state index contributed by atoms with van der Waals surface area (Å²) in [5, 5.41) is 0. The molecule has 0 spiro atoms. The molecule has 0 aliphatic heterocycles. The number of hydrogen-bond donors (Lipinski definition) is 0. The van der Waals surface area contributed by atoms with E-state index in [4.69, 9.17) is 4.42 Å². The fraction of sp³-hybridized carbons (Fsp3) is 0.143. The highest BCUT2D eigenvalue weighted by Gasteiger charge is 1.87. The molecule has 0 N–H and O–H groups in total. The molecule has 1 aromatic rings. The van der Waals surface area contributed by atoms with Crippen molar-refractivity contribution in [2.75, 3.05) is 0 Å². The van der Waals surface area contributed by atoms with Crippen LogP contribution in [0.25, 0.3) is 6.08 Å². The summed E-state index contributed by atoms with van der Waals surface area (Å²) in [6.45, 7) is 5.57. The van der Waals surface area contributed by atoms with Crippen molar-refractivity contribution in [3.05, 3.63) is 30.8 Å². The summed E-state index contributed by atoms with van der Waals surface area (Å²) < 4.78 is 4.92. The number of rotatable bonds is 1. The monoisotopic (exact) mass is 122 g/mol. The van der Waals surface area contributed by atoms with Crippen LogP contribution in [0.3, 0.4) is 0 Å². The van der Waals surface area contributed by atoms with Gasteiger partial charge in [-0.1, -0.05) is 5.57 Å². The van der Waals surface area contributed by atoms with Gasteiger partial charge in [-0.25, -0.2) is 4.98 Å². The van der Waals surface area contributed by atoms with Gasteiger partial charge in [0.05, 0.1) is 6.20 Å². The number of allylic oxidation sites excluding steroid dienone is 1. The maximum Gasteiger partial charge on any atom is 0.218 e. The topological polar surface area (TPSA) is 26.0 Å². The smallest absolute Gasteiger partial charge is 0.218 e. The van der Waals surface area contributed by atoms with Crippen molar-refractivity contribution < 1.29 is 4.42 Å². The van der Waals surface area contributed by atoms with Crippen LogP contribution in [-0.2, 0) is 0 Å². The van der Waals surface area contributed by atoms with Crippen LogP contribution < -0.4 is 0 Å². The highest BCUT2D eigenvalue weighted by atomic mass is 16.3. The zero-order valence-corrected chi connectivity index (χ0v) is 5.29. The lowest BCUT2D eigenvalue weighted by Gasteiger charge is -1.82. The lowest BCUT2D eigenvalue weighted by Crippen LogP contribution is -1.69. The van der Waals surface area contributed by atoms with Gasteiger partial charge in [-0.2, -0.15) is 0 Å². The maximum atomic E-state index is 4.92. The molecule has 0 fully saturated rings. The Labute approximate surface area is 54.2 Å². The average Bonchev–Trinajstić information content (AvgIpc) is 2.15. The first kappa shape index (κ1) is 6.08. The second-order valence-corrected chi connectivity index (χ2v) is 1.86. The Bertz CT molecular complexity index is 195. The summed E-state index contributed by atoms with van der Waals surface area (Å²) in [5.41, 5.74) is 0.942. The Morgan fingerprint density at radius 2 is 2.67 bits per heavy atom. The molecule has 1 rings (SSSR count). The molecule has 0 atom stereocenters. The fourth-order valence-electron chi connectivity index (χ4n) is 0.517. The molecule has 9 heavy (non-hydrogen) atoms. The van der Waals surface area contributed by atoms with E-state index in [1.54, 1.807) is 12.3 Å². The molecule has 47 valence electrons. The molecular formula is C7H8NO. The first-order valence-corrected chi connectivity index (χ1v) is 2.69. The van der Waals surface area contributed by atoms with Gasteiger partial charge in [0.1, 0.15) is 6.26 Å². The van der Waals surface area contributed by atoms with Crippen molar-refractivity contribution in [2.45, 2.75) is 6.92 Å². The molecule has 2 nitrogen and oxygen atoms in total. The third-order valence-electron chi connectivity index (χ3n) is 0.821. The van der Waals surface area contributed by atoms with E-state index in [0.717, 1.165) is 5.57 Å². The van der Waals surface area contributed by atoms with Gasteiger partial charge in [-0.05, 0) is 19.9 Å². The van der Waals surface area contributed by atoms with E-state index in [-0.39, 0.29) is 0 Å². The Kier molecular flexibility index (Phi) is 1.68. The second kappa shape index (κ2) is 2.49. The molecule has 1 aromatic heterocycles. The van der Waals surface area contributed by atoms with Crippen LogP contribution in [0.1, 0.15) is 12.8 Å². The van der Waals surface area contributed by atoms with Crippen LogP contribution in [0.5, 0.6) is 0 Å². The van der Waals surface area contributed by atoms with Crippen molar-refractivity contribution in [1.82, 2.24) is 4.98 Å². The van der Waals surface area contributed by atoms with E-state index < -0.39 is 0 Å². The quantitative estimate of drug-likeness (QED) is 0.568. The second-order valence-electron chi connectivity index (χ2n) is 1.86. The van der Waals surface area contributed by atoms with Gasteiger partial charge < -0.3 is 4.42 Å². The highest BCUT2D eigenvalue weighted by molar-refractivity contribution is 5.43.